The predicted octanol–water partition coefficient (Wildman–Crippen LogP) is 4.53. The quantitative estimate of drug-likeness (QED) is 0.405. The van der Waals surface area contributed by atoms with Gasteiger partial charge in [0.2, 0.25) is 0 Å². The highest BCUT2D eigenvalue weighted by molar-refractivity contribution is 7.18. The molecule has 5 aromatic rings. The van der Waals surface area contributed by atoms with Gasteiger partial charge in [0.15, 0.2) is 5.13 Å². The van der Waals surface area contributed by atoms with Crippen molar-refractivity contribution in [2.45, 2.75) is 18.9 Å². The summed E-state index contributed by atoms with van der Waals surface area (Å²) in [6.07, 6.45) is 7.20. The van der Waals surface area contributed by atoms with E-state index in [1.807, 2.05) is 24.5 Å². The van der Waals surface area contributed by atoms with Crippen LogP contribution in [-0.2, 0) is 12.8 Å². The molecule has 144 valence electrons. The highest BCUT2D eigenvalue weighted by Crippen LogP contribution is 2.34. The van der Waals surface area contributed by atoms with Crippen molar-refractivity contribution in [1.29, 1.82) is 0 Å². The average molecular weight is 400 g/mol. The first-order chi connectivity index (χ1) is 14.2. The molecule has 0 saturated heterocycles. The summed E-state index contributed by atoms with van der Waals surface area (Å²) in [4.78, 5) is 13.2. The van der Waals surface area contributed by atoms with Crippen LogP contribution in [0.4, 0.5) is 5.13 Å². The fraction of sp³-hybridized carbons (Fsp3) is 0.130. The molecule has 1 atom stereocenters. The van der Waals surface area contributed by atoms with E-state index in [2.05, 4.69) is 57.5 Å². The van der Waals surface area contributed by atoms with Crippen molar-refractivity contribution in [3.63, 3.8) is 0 Å². The number of nitrogens with zero attached hydrogens (tertiary/aromatic N) is 2. The van der Waals surface area contributed by atoms with Crippen molar-refractivity contribution in [2.24, 2.45) is 5.73 Å². The Bertz CT molecular complexity index is 1300. The second kappa shape index (κ2) is 7.31. The third-order valence-electron chi connectivity index (χ3n) is 5.23. The number of anilines is 1. The molecule has 0 fully saturated rings. The van der Waals surface area contributed by atoms with Crippen LogP contribution in [0.25, 0.3) is 32.1 Å². The average Bonchev–Trinajstić information content (AvgIpc) is 3.31. The topological polar surface area (TPSA) is 93.6 Å². The number of benzene rings is 2. The first-order valence-electron chi connectivity index (χ1n) is 9.57. The molecule has 0 spiro atoms. The highest BCUT2D eigenvalue weighted by Gasteiger charge is 2.17. The number of para-hydroxylation sites is 1. The lowest BCUT2D eigenvalue weighted by atomic mass is 10.00. The Hall–Kier alpha value is -3.22. The normalized spacial score (nSPS) is 12.6. The number of thiazole rings is 1. The van der Waals surface area contributed by atoms with E-state index in [1.165, 1.54) is 22.3 Å². The van der Waals surface area contributed by atoms with Crippen LogP contribution in [0.1, 0.15) is 11.3 Å². The van der Waals surface area contributed by atoms with Gasteiger partial charge in [-0.1, -0.05) is 41.7 Å². The number of nitrogen functional groups attached to an aromatic ring is 1. The number of hydrogen-bond donors (Lipinski definition) is 3. The van der Waals surface area contributed by atoms with Crippen LogP contribution >= 0.6 is 11.3 Å². The summed E-state index contributed by atoms with van der Waals surface area (Å²) < 4.78 is 0. The molecule has 0 aliphatic carbocycles. The fourth-order valence-electron chi connectivity index (χ4n) is 3.86. The maximum absolute atomic E-state index is 6.54. The zero-order valence-corrected chi connectivity index (χ0v) is 16.6. The second-order valence-electron chi connectivity index (χ2n) is 7.29. The summed E-state index contributed by atoms with van der Waals surface area (Å²) in [6, 6.07) is 16.6. The summed E-state index contributed by atoms with van der Waals surface area (Å²) in [7, 11) is 0. The van der Waals surface area contributed by atoms with Crippen LogP contribution < -0.4 is 11.5 Å². The monoisotopic (exact) mass is 399 g/mol. The minimum Gasteiger partial charge on any atom is -0.375 e. The Balaban J connectivity index is 1.42. The minimum absolute atomic E-state index is 0.0425. The number of H-pyrrole nitrogens is 1. The van der Waals surface area contributed by atoms with Gasteiger partial charge in [-0.05, 0) is 41.1 Å². The molecule has 29 heavy (non-hydrogen) atoms. The first kappa shape index (κ1) is 17.8. The second-order valence-corrected chi connectivity index (χ2v) is 8.32. The number of pyridine rings is 1. The van der Waals surface area contributed by atoms with Crippen LogP contribution in [0.5, 0.6) is 0 Å². The molecule has 6 heteroatoms. The number of nitrogens with two attached hydrogens (primary N) is 2. The van der Waals surface area contributed by atoms with Crippen molar-refractivity contribution in [3.05, 3.63) is 78.4 Å². The largest absolute Gasteiger partial charge is 0.375 e. The lowest BCUT2D eigenvalue weighted by Crippen LogP contribution is -2.25. The zero-order chi connectivity index (χ0) is 19.8. The van der Waals surface area contributed by atoms with E-state index in [0.717, 1.165) is 38.8 Å². The van der Waals surface area contributed by atoms with Crippen LogP contribution in [0.3, 0.4) is 0 Å². The van der Waals surface area contributed by atoms with Crippen LogP contribution in [0.2, 0.25) is 0 Å². The van der Waals surface area contributed by atoms with Crippen LogP contribution in [-0.4, -0.2) is 21.0 Å². The van der Waals surface area contributed by atoms with Crippen molar-refractivity contribution >= 4 is 38.1 Å². The first-order valence-corrected chi connectivity index (χ1v) is 10.4. The maximum Gasteiger partial charge on any atom is 0.180 e. The number of aromatic amines is 1. The van der Waals surface area contributed by atoms with Gasteiger partial charge in [0, 0.05) is 47.3 Å². The fourth-order valence-corrected chi connectivity index (χ4v) is 4.72. The molecule has 5 rings (SSSR count). The van der Waals surface area contributed by atoms with Gasteiger partial charge in [-0.25, -0.2) is 4.98 Å². The zero-order valence-electron chi connectivity index (χ0n) is 15.8. The standard InChI is InChI=1S/C23H21N5S/c24-18(10-17-13-27-20-4-2-1-3-19(17)20)11-21-22(29-23(25)28-21)15-5-6-16-12-26-8-7-14(16)9-15/h1-9,12-13,18,27H,10-11,24H2,(H2,25,28)/t18-/m0/s1. The van der Waals surface area contributed by atoms with Gasteiger partial charge in [0.05, 0.1) is 10.6 Å². The number of aromatic nitrogens is 3. The number of fused-ring (bicyclic) bond motifs is 2. The van der Waals surface area contributed by atoms with E-state index >= 15 is 0 Å². The molecule has 2 aromatic carbocycles. The molecule has 0 amide bonds. The predicted molar refractivity (Wildman–Crippen MR) is 121 cm³/mol. The highest BCUT2D eigenvalue weighted by atomic mass is 32.1. The van der Waals surface area contributed by atoms with E-state index in [4.69, 9.17) is 11.5 Å². The van der Waals surface area contributed by atoms with Crippen molar-refractivity contribution in [2.75, 3.05) is 5.73 Å². The Morgan fingerprint density at radius 3 is 2.86 bits per heavy atom. The molecular formula is C23H21N5S. The molecule has 3 heterocycles. The van der Waals surface area contributed by atoms with Gasteiger partial charge in [0.25, 0.3) is 0 Å². The van der Waals surface area contributed by atoms with Gasteiger partial charge >= 0.3 is 0 Å². The molecule has 5 nitrogen and oxygen atoms in total. The molecular weight excluding hydrogens is 378 g/mol. The van der Waals surface area contributed by atoms with E-state index in [0.29, 0.717) is 11.6 Å². The molecule has 0 saturated carbocycles. The third-order valence-corrected chi connectivity index (χ3v) is 6.21. The molecule has 3 aromatic heterocycles. The maximum atomic E-state index is 6.54. The lowest BCUT2D eigenvalue weighted by Gasteiger charge is -2.11. The van der Waals surface area contributed by atoms with E-state index in [-0.39, 0.29) is 6.04 Å². The van der Waals surface area contributed by atoms with Gasteiger partial charge in [-0.2, -0.15) is 0 Å². The van der Waals surface area contributed by atoms with Gasteiger partial charge in [-0.3, -0.25) is 4.98 Å². The van der Waals surface area contributed by atoms with Crippen LogP contribution in [0, 0.1) is 0 Å². The Morgan fingerprint density at radius 2 is 1.93 bits per heavy atom. The van der Waals surface area contributed by atoms with E-state index in [1.54, 1.807) is 0 Å². The number of hydrogen-bond acceptors (Lipinski definition) is 5. The van der Waals surface area contributed by atoms with Gasteiger partial charge in [0.1, 0.15) is 0 Å². The SMILES string of the molecule is Nc1nc(C[C@@H](N)Cc2c[nH]c3ccccc23)c(-c2ccc3cnccc3c2)s1. The molecule has 0 radical (unpaired) electrons. The van der Waals surface area contributed by atoms with E-state index < -0.39 is 0 Å². The Kier molecular flexibility index (Phi) is 4.50. The molecule has 0 unspecified atom stereocenters. The smallest absolute Gasteiger partial charge is 0.180 e. The van der Waals surface area contributed by atoms with Crippen molar-refractivity contribution < 1.29 is 0 Å². The summed E-state index contributed by atoms with van der Waals surface area (Å²) in [5, 5.41) is 4.07. The third kappa shape index (κ3) is 3.48. The molecule has 0 aliphatic rings. The summed E-state index contributed by atoms with van der Waals surface area (Å²) in [6.45, 7) is 0. The lowest BCUT2D eigenvalue weighted by molar-refractivity contribution is 0.660. The summed E-state index contributed by atoms with van der Waals surface area (Å²) in [5.74, 6) is 0. The summed E-state index contributed by atoms with van der Waals surface area (Å²) in [5.41, 5.74) is 17.1. The minimum atomic E-state index is -0.0425. The molecule has 0 aliphatic heterocycles. The van der Waals surface area contributed by atoms with Gasteiger partial charge in [-0.15, -0.1) is 0 Å². The van der Waals surface area contributed by atoms with Crippen LogP contribution in [0.15, 0.2) is 67.1 Å². The van der Waals surface area contributed by atoms with E-state index in [9.17, 15) is 0 Å². The molecule has 5 N–H and O–H groups in total. The summed E-state index contributed by atoms with van der Waals surface area (Å²) >= 11 is 1.52. The Labute approximate surface area is 172 Å². The number of nitrogens with one attached hydrogen (secondary N) is 1. The number of rotatable bonds is 5. The van der Waals surface area contributed by atoms with Crippen molar-refractivity contribution in [3.8, 4) is 10.4 Å². The van der Waals surface area contributed by atoms with Gasteiger partial charge < -0.3 is 16.5 Å². The van der Waals surface area contributed by atoms with Crippen molar-refractivity contribution in [1.82, 2.24) is 15.0 Å². The molecule has 0 bridgehead atoms. The Morgan fingerprint density at radius 1 is 1.03 bits per heavy atom.